The van der Waals surface area contributed by atoms with Crippen LogP contribution in [0.4, 0.5) is 0 Å². The Balaban J connectivity index is 2.17. The molecule has 0 aliphatic heterocycles. The molecule has 0 bridgehead atoms. The fraction of sp³-hybridized carbons (Fsp3) is 0.385. The van der Waals surface area contributed by atoms with Gasteiger partial charge in [0.05, 0.1) is 16.7 Å². The van der Waals surface area contributed by atoms with E-state index in [0.717, 1.165) is 17.3 Å². The van der Waals surface area contributed by atoms with Gasteiger partial charge < -0.3 is 5.32 Å². The van der Waals surface area contributed by atoms with Crippen molar-refractivity contribution in [1.82, 2.24) is 15.1 Å². The summed E-state index contributed by atoms with van der Waals surface area (Å²) in [6, 6.07) is 5.76. The third-order valence-corrected chi connectivity index (χ3v) is 3.28. The van der Waals surface area contributed by atoms with Crippen molar-refractivity contribution in [2.24, 2.45) is 0 Å². The maximum atomic E-state index is 11.8. The molecule has 0 aliphatic rings. The van der Waals surface area contributed by atoms with Crippen molar-refractivity contribution < 1.29 is 4.79 Å². The van der Waals surface area contributed by atoms with Crippen molar-refractivity contribution in [3.05, 3.63) is 29.4 Å². The molecule has 1 aromatic heterocycles. The standard InChI is InChI=1S/C13H16ClN3O/c1-3-9(2)16-13(18)8-17-12-6-4-5-11(14)10(12)7-15-17/h4-7,9H,3,8H2,1-2H3,(H,16,18). The van der Waals surface area contributed by atoms with Crippen LogP contribution in [0.5, 0.6) is 0 Å². The maximum Gasteiger partial charge on any atom is 0.241 e. The number of carbonyl (C=O) groups excluding carboxylic acids is 1. The van der Waals surface area contributed by atoms with E-state index < -0.39 is 0 Å². The first kappa shape index (κ1) is 12.9. The van der Waals surface area contributed by atoms with Crippen molar-refractivity contribution in [3.8, 4) is 0 Å². The van der Waals surface area contributed by atoms with E-state index in [-0.39, 0.29) is 18.5 Å². The smallest absolute Gasteiger partial charge is 0.241 e. The summed E-state index contributed by atoms with van der Waals surface area (Å²) in [6.45, 7) is 4.23. The van der Waals surface area contributed by atoms with Gasteiger partial charge in [0.2, 0.25) is 5.91 Å². The number of hydrogen-bond donors (Lipinski definition) is 1. The number of hydrogen-bond acceptors (Lipinski definition) is 2. The van der Waals surface area contributed by atoms with Crippen LogP contribution in [0.3, 0.4) is 0 Å². The van der Waals surface area contributed by atoms with Gasteiger partial charge in [-0.1, -0.05) is 24.6 Å². The zero-order chi connectivity index (χ0) is 13.1. The lowest BCUT2D eigenvalue weighted by Crippen LogP contribution is -2.34. The third kappa shape index (κ3) is 2.64. The van der Waals surface area contributed by atoms with Gasteiger partial charge in [-0.2, -0.15) is 5.10 Å². The summed E-state index contributed by atoms with van der Waals surface area (Å²) in [5.41, 5.74) is 0.877. The molecule has 1 amide bonds. The summed E-state index contributed by atoms with van der Waals surface area (Å²) in [5, 5.41) is 8.64. The Morgan fingerprint density at radius 2 is 2.33 bits per heavy atom. The van der Waals surface area contributed by atoms with E-state index in [0.29, 0.717) is 5.02 Å². The minimum absolute atomic E-state index is 0.0330. The van der Waals surface area contributed by atoms with Crippen molar-refractivity contribution in [1.29, 1.82) is 0 Å². The van der Waals surface area contributed by atoms with E-state index in [9.17, 15) is 4.79 Å². The van der Waals surface area contributed by atoms with Gasteiger partial charge in [0.15, 0.2) is 0 Å². The summed E-state index contributed by atoms with van der Waals surface area (Å²) in [4.78, 5) is 11.8. The van der Waals surface area contributed by atoms with Gasteiger partial charge in [0.25, 0.3) is 0 Å². The number of nitrogens with zero attached hydrogens (tertiary/aromatic N) is 2. The van der Waals surface area contributed by atoms with Crippen LogP contribution in [0, 0.1) is 0 Å². The number of carbonyl (C=O) groups is 1. The molecule has 2 aromatic rings. The Labute approximate surface area is 111 Å². The Kier molecular flexibility index (Phi) is 3.87. The molecule has 0 radical (unpaired) electrons. The largest absolute Gasteiger partial charge is 0.352 e. The minimum atomic E-state index is -0.0330. The highest BCUT2D eigenvalue weighted by Gasteiger charge is 2.10. The van der Waals surface area contributed by atoms with Crippen LogP contribution in [0.25, 0.3) is 10.9 Å². The average Bonchev–Trinajstić information content (AvgIpc) is 2.74. The zero-order valence-electron chi connectivity index (χ0n) is 10.5. The molecule has 1 aromatic carbocycles. The average molecular weight is 266 g/mol. The molecule has 1 unspecified atom stereocenters. The third-order valence-electron chi connectivity index (χ3n) is 2.95. The number of benzene rings is 1. The molecule has 0 saturated heterocycles. The molecule has 1 heterocycles. The van der Waals surface area contributed by atoms with Crippen LogP contribution in [0.2, 0.25) is 5.02 Å². The Morgan fingerprint density at radius 1 is 1.56 bits per heavy atom. The first-order valence-electron chi connectivity index (χ1n) is 6.01. The Morgan fingerprint density at radius 3 is 3.06 bits per heavy atom. The monoisotopic (exact) mass is 265 g/mol. The second-order valence-corrected chi connectivity index (χ2v) is 4.76. The molecule has 96 valence electrons. The highest BCUT2D eigenvalue weighted by atomic mass is 35.5. The SMILES string of the molecule is CCC(C)NC(=O)Cn1ncc2c(Cl)cccc21. The Hall–Kier alpha value is -1.55. The summed E-state index contributed by atoms with van der Waals surface area (Å²) in [6.07, 6.45) is 2.60. The van der Waals surface area contributed by atoms with Crippen LogP contribution in [-0.4, -0.2) is 21.7 Å². The molecule has 0 fully saturated rings. The van der Waals surface area contributed by atoms with Crippen LogP contribution < -0.4 is 5.32 Å². The van der Waals surface area contributed by atoms with Crippen LogP contribution >= 0.6 is 11.6 Å². The van der Waals surface area contributed by atoms with Crippen LogP contribution in [0.15, 0.2) is 24.4 Å². The molecule has 2 rings (SSSR count). The normalized spacial score (nSPS) is 12.6. The number of aromatic nitrogens is 2. The minimum Gasteiger partial charge on any atom is -0.352 e. The van der Waals surface area contributed by atoms with Crippen LogP contribution in [-0.2, 0) is 11.3 Å². The van der Waals surface area contributed by atoms with Gasteiger partial charge in [0.1, 0.15) is 6.54 Å². The molecule has 0 spiro atoms. The Bertz CT molecular complexity index is 564. The lowest BCUT2D eigenvalue weighted by Gasteiger charge is -2.11. The summed E-state index contributed by atoms with van der Waals surface area (Å²) < 4.78 is 1.67. The van der Waals surface area contributed by atoms with E-state index in [2.05, 4.69) is 10.4 Å². The second kappa shape index (κ2) is 5.40. The van der Waals surface area contributed by atoms with E-state index >= 15 is 0 Å². The highest BCUT2D eigenvalue weighted by molar-refractivity contribution is 6.35. The second-order valence-electron chi connectivity index (χ2n) is 4.35. The fourth-order valence-electron chi connectivity index (χ4n) is 1.75. The first-order valence-corrected chi connectivity index (χ1v) is 6.39. The van der Waals surface area contributed by atoms with Gasteiger partial charge in [-0.3, -0.25) is 9.48 Å². The molecular weight excluding hydrogens is 250 g/mol. The predicted molar refractivity (Wildman–Crippen MR) is 72.6 cm³/mol. The quantitative estimate of drug-likeness (QED) is 0.924. The van der Waals surface area contributed by atoms with Gasteiger partial charge >= 0.3 is 0 Å². The first-order chi connectivity index (χ1) is 8.61. The van der Waals surface area contributed by atoms with Crippen molar-refractivity contribution in [2.75, 3.05) is 0 Å². The molecule has 5 heteroatoms. The topological polar surface area (TPSA) is 46.9 Å². The molecule has 1 N–H and O–H groups in total. The molecular formula is C13H16ClN3O. The van der Waals surface area contributed by atoms with Crippen molar-refractivity contribution in [3.63, 3.8) is 0 Å². The number of halogens is 1. The summed E-state index contributed by atoms with van der Waals surface area (Å²) in [5.74, 6) is -0.0330. The number of nitrogens with one attached hydrogen (secondary N) is 1. The van der Waals surface area contributed by atoms with E-state index in [4.69, 9.17) is 11.6 Å². The van der Waals surface area contributed by atoms with E-state index in [1.54, 1.807) is 10.9 Å². The maximum absolute atomic E-state index is 11.8. The highest BCUT2D eigenvalue weighted by Crippen LogP contribution is 2.22. The van der Waals surface area contributed by atoms with Gasteiger partial charge in [0, 0.05) is 11.4 Å². The molecule has 4 nitrogen and oxygen atoms in total. The fourth-order valence-corrected chi connectivity index (χ4v) is 1.97. The summed E-state index contributed by atoms with van der Waals surface area (Å²) in [7, 11) is 0. The molecule has 0 aliphatic carbocycles. The lowest BCUT2D eigenvalue weighted by atomic mass is 10.2. The number of amides is 1. The van der Waals surface area contributed by atoms with Gasteiger partial charge in [-0.25, -0.2) is 0 Å². The zero-order valence-corrected chi connectivity index (χ0v) is 11.2. The van der Waals surface area contributed by atoms with E-state index in [1.165, 1.54) is 0 Å². The van der Waals surface area contributed by atoms with Gasteiger partial charge in [-0.05, 0) is 25.5 Å². The predicted octanol–water partition coefficient (Wildman–Crippen LogP) is 2.60. The molecule has 1 atom stereocenters. The van der Waals surface area contributed by atoms with Crippen molar-refractivity contribution >= 4 is 28.4 Å². The van der Waals surface area contributed by atoms with Crippen molar-refractivity contribution in [2.45, 2.75) is 32.9 Å². The lowest BCUT2D eigenvalue weighted by molar-refractivity contribution is -0.122. The summed E-state index contributed by atoms with van der Waals surface area (Å²) >= 11 is 6.06. The van der Waals surface area contributed by atoms with Crippen LogP contribution in [0.1, 0.15) is 20.3 Å². The molecule has 0 saturated carbocycles. The van der Waals surface area contributed by atoms with Gasteiger partial charge in [-0.15, -0.1) is 0 Å². The van der Waals surface area contributed by atoms with E-state index in [1.807, 2.05) is 32.0 Å². The number of rotatable bonds is 4. The molecule has 18 heavy (non-hydrogen) atoms. The number of fused-ring (bicyclic) bond motifs is 1.